The number of nitrogens with zero attached hydrogens (tertiary/aromatic N) is 1. The van der Waals surface area contributed by atoms with E-state index in [9.17, 15) is 0 Å². The maximum atomic E-state index is 5.87. The first-order valence-corrected chi connectivity index (χ1v) is 16.4. The molecule has 0 saturated heterocycles. The summed E-state index contributed by atoms with van der Waals surface area (Å²) in [5.74, 6) is 0. The van der Waals surface area contributed by atoms with E-state index in [0.717, 1.165) is 19.8 Å². The molecule has 0 aromatic rings. The Morgan fingerprint density at radius 3 is 1.28 bits per heavy atom. The van der Waals surface area contributed by atoms with Crippen molar-refractivity contribution >= 4 is 0 Å². The predicted octanol–water partition coefficient (Wildman–Crippen LogP) is 11.1. The molecule has 36 heavy (non-hydrogen) atoms. The third-order valence-electron chi connectivity index (χ3n) is 7.22. The van der Waals surface area contributed by atoms with Gasteiger partial charge in [0.05, 0.1) is 6.61 Å². The zero-order valence-electron chi connectivity index (χ0n) is 25.3. The van der Waals surface area contributed by atoms with Crippen molar-refractivity contribution in [3.63, 3.8) is 0 Å². The summed E-state index contributed by atoms with van der Waals surface area (Å²) in [5, 5.41) is 0. The number of unbranched alkanes of at least 4 members (excludes halogenated alkanes) is 19. The second-order valence-corrected chi connectivity index (χ2v) is 11.0. The van der Waals surface area contributed by atoms with Gasteiger partial charge in [0.25, 0.3) is 0 Å². The minimum atomic E-state index is 0.898. The summed E-state index contributed by atoms with van der Waals surface area (Å²) in [4.78, 5) is 2.45. The fourth-order valence-electron chi connectivity index (χ4n) is 4.60. The molecule has 0 aliphatic heterocycles. The largest absolute Gasteiger partial charge is 0.380 e. The lowest BCUT2D eigenvalue weighted by Crippen LogP contribution is -2.24. The standard InChI is InChI=1S/C34H67NO/c1-4-6-8-10-12-14-16-18-19-20-21-23-25-27-29-31-35(3)32-34-36-33-30-28-26-24-22-17-15-13-11-9-7-5-2/h10-13H,4-9,14-34H2,1-3H3/b12-10-,13-11-. The minimum absolute atomic E-state index is 0.898. The Labute approximate surface area is 228 Å². The van der Waals surface area contributed by atoms with Gasteiger partial charge in [0.15, 0.2) is 0 Å². The highest BCUT2D eigenvalue weighted by Gasteiger charge is 1.99. The van der Waals surface area contributed by atoms with Crippen LogP contribution in [0.5, 0.6) is 0 Å². The van der Waals surface area contributed by atoms with Crippen LogP contribution in [0.4, 0.5) is 0 Å². The Morgan fingerprint density at radius 2 is 0.806 bits per heavy atom. The van der Waals surface area contributed by atoms with Crippen molar-refractivity contribution in [2.45, 2.75) is 162 Å². The summed E-state index contributed by atoms with van der Waals surface area (Å²) < 4.78 is 5.87. The highest BCUT2D eigenvalue weighted by Crippen LogP contribution is 2.12. The van der Waals surface area contributed by atoms with Crippen LogP contribution in [0.25, 0.3) is 0 Å². The van der Waals surface area contributed by atoms with E-state index >= 15 is 0 Å². The predicted molar refractivity (Wildman–Crippen MR) is 164 cm³/mol. The molecule has 0 amide bonds. The van der Waals surface area contributed by atoms with Gasteiger partial charge in [-0.25, -0.2) is 0 Å². The van der Waals surface area contributed by atoms with Gasteiger partial charge in [-0.1, -0.05) is 134 Å². The van der Waals surface area contributed by atoms with Crippen LogP contribution < -0.4 is 0 Å². The number of hydrogen-bond donors (Lipinski definition) is 0. The third kappa shape index (κ3) is 31.4. The molecule has 0 aromatic carbocycles. The molecule has 0 aliphatic carbocycles. The van der Waals surface area contributed by atoms with Gasteiger partial charge in [-0.05, 0) is 65.0 Å². The van der Waals surface area contributed by atoms with Gasteiger partial charge < -0.3 is 9.64 Å². The Balaban J connectivity index is 3.19. The zero-order chi connectivity index (χ0) is 26.2. The van der Waals surface area contributed by atoms with Crippen LogP contribution >= 0.6 is 0 Å². The monoisotopic (exact) mass is 506 g/mol. The van der Waals surface area contributed by atoms with Crippen molar-refractivity contribution in [3.8, 4) is 0 Å². The van der Waals surface area contributed by atoms with Crippen LogP contribution in [0.15, 0.2) is 24.3 Å². The Bertz CT molecular complexity index is 404. The normalized spacial score (nSPS) is 12.1. The molecule has 0 bridgehead atoms. The van der Waals surface area contributed by atoms with E-state index in [-0.39, 0.29) is 0 Å². The maximum Gasteiger partial charge on any atom is 0.0593 e. The lowest BCUT2D eigenvalue weighted by molar-refractivity contribution is 0.107. The Kier molecular flexibility index (Phi) is 31.9. The number of likely N-dealkylation sites (N-methyl/N-ethyl adjacent to an activating group) is 1. The van der Waals surface area contributed by atoms with Crippen LogP contribution in [-0.2, 0) is 4.74 Å². The second kappa shape index (κ2) is 32.4. The fourth-order valence-corrected chi connectivity index (χ4v) is 4.60. The summed E-state index contributed by atoms with van der Waals surface area (Å²) in [7, 11) is 2.25. The molecule has 0 saturated carbocycles. The highest BCUT2D eigenvalue weighted by atomic mass is 16.5. The van der Waals surface area contributed by atoms with Crippen molar-refractivity contribution in [2.75, 3.05) is 33.4 Å². The van der Waals surface area contributed by atoms with Gasteiger partial charge in [-0.2, -0.15) is 0 Å². The first kappa shape index (κ1) is 35.4. The van der Waals surface area contributed by atoms with Gasteiger partial charge in [-0.3, -0.25) is 0 Å². The lowest BCUT2D eigenvalue weighted by Gasteiger charge is -2.16. The molecule has 0 heterocycles. The van der Waals surface area contributed by atoms with E-state index in [1.165, 1.54) is 154 Å². The molecule has 2 nitrogen and oxygen atoms in total. The highest BCUT2D eigenvalue weighted by molar-refractivity contribution is 4.81. The van der Waals surface area contributed by atoms with Crippen molar-refractivity contribution in [1.82, 2.24) is 4.90 Å². The summed E-state index contributed by atoms with van der Waals surface area (Å²) in [6.07, 6.45) is 40.7. The minimum Gasteiger partial charge on any atom is -0.380 e. The van der Waals surface area contributed by atoms with E-state index < -0.39 is 0 Å². The lowest BCUT2D eigenvalue weighted by atomic mass is 10.1. The van der Waals surface area contributed by atoms with Gasteiger partial charge in [0.1, 0.15) is 0 Å². The molecule has 0 fully saturated rings. The summed E-state index contributed by atoms with van der Waals surface area (Å²) in [6, 6.07) is 0. The molecule has 0 unspecified atom stereocenters. The zero-order valence-corrected chi connectivity index (χ0v) is 25.3. The molecule has 0 spiro atoms. The van der Waals surface area contributed by atoms with Gasteiger partial charge in [0.2, 0.25) is 0 Å². The SMILES string of the molecule is CCCC/C=C\CCCCCCCCCCCN(C)CCOCCCCCCCC/C=C\CCCC. The van der Waals surface area contributed by atoms with Crippen molar-refractivity contribution in [1.29, 1.82) is 0 Å². The first-order chi connectivity index (χ1) is 17.8. The summed E-state index contributed by atoms with van der Waals surface area (Å²) in [6.45, 7) is 8.68. The first-order valence-electron chi connectivity index (χ1n) is 16.4. The topological polar surface area (TPSA) is 12.5 Å². The number of ether oxygens (including phenoxy) is 1. The van der Waals surface area contributed by atoms with Crippen LogP contribution in [0, 0.1) is 0 Å². The average Bonchev–Trinajstić information content (AvgIpc) is 2.88. The smallest absolute Gasteiger partial charge is 0.0593 e. The number of allylic oxidation sites excluding steroid dienone is 4. The van der Waals surface area contributed by atoms with E-state index in [1.54, 1.807) is 0 Å². The molecule has 0 atom stereocenters. The van der Waals surface area contributed by atoms with E-state index in [2.05, 4.69) is 50.1 Å². The maximum absolute atomic E-state index is 5.87. The quantitative estimate of drug-likeness (QED) is 0.0710. The van der Waals surface area contributed by atoms with E-state index in [1.807, 2.05) is 0 Å². The molecule has 0 radical (unpaired) electrons. The molecule has 0 aromatic heterocycles. The number of hydrogen-bond acceptors (Lipinski definition) is 2. The fraction of sp³-hybridized carbons (Fsp3) is 0.882. The average molecular weight is 506 g/mol. The molecular formula is C34H67NO. The van der Waals surface area contributed by atoms with Crippen LogP contribution in [0.1, 0.15) is 162 Å². The molecule has 0 rings (SSSR count). The molecule has 214 valence electrons. The van der Waals surface area contributed by atoms with Crippen LogP contribution in [0.2, 0.25) is 0 Å². The van der Waals surface area contributed by atoms with Gasteiger partial charge in [0, 0.05) is 13.2 Å². The second-order valence-electron chi connectivity index (χ2n) is 11.0. The van der Waals surface area contributed by atoms with Crippen molar-refractivity contribution in [2.24, 2.45) is 0 Å². The van der Waals surface area contributed by atoms with Crippen molar-refractivity contribution in [3.05, 3.63) is 24.3 Å². The van der Waals surface area contributed by atoms with Crippen LogP contribution in [0.3, 0.4) is 0 Å². The Hall–Kier alpha value is -0.600. The Morgan fingerprint density at radius 1 is 0.417 bits per heavy atom. The number of rotatable bonds is 30. The van der Waals surface area contributed by atoms with Crippen molar-refractivity contribution < 1.29 is 4.74 Å². The van der Waals surface area contributed by atoms with E-state index in [4.69, 9.17) is 4.74 Å². The van der Waals surface area contributed by atoms with Gasteiger partial charge >= 0.3 is 0 Å². The van der Waals surface area contributed by atoms with E-state index in [0.29, 0.717) is 0 Å². The summed E-state index contributed by atoms with van der Waals surface area (Å²) >= 11 is 0. The van der Waals surface area contributed by atoms with Crippen LogP contribution in [-0.4, -0.2) is 38.3 Å². The summed E-state index contributed by atoms with van der Waals surface area (Å²) in [5.41, 5.74) is 0. The third-order valence-corrected chi connectivity index (χ3v) is 7.22. The molecule has 0 N–H and O–H groups in total. The molecular weight excluding hydrogens is 438 g/mol. The molecule has 0 aliphatic rings. The molecule has 2 heteroatoms. The van der Waals surface area contributed by atoms with Gasteiger partial charge in [-0.15, -0.1) is 0 Å².